The monoisotopic (exact) mass is 421 g/mol. The second-order valence-electron chi connectivity index (χ2n) is 6.27. The van der Waals surface area contributed by atoms with Gasteiger partial charge in [0.05, 0.1) is 31.4 Å². The van der Waals surface area contributed by atoms with Crippen LogP contribution in [0.3, 0.4) is 0 Å². The molecule has 1 aliphatic rings. The third kappa shape index (κ3) is 3.91. The molecule has 0 bridgehead atoms. The number of carbonyl (C=O) groups is 1. The molecule has 1 heterocycles. The quantitative estimate of drug-likeness (QED) is 0.660. The fraction of sp³-hybridized carbons (Fsp3) is 0.286. The van der Waals surface area contributed by atoms with Crippen molar-refractivity contribution < 1.29 is 19.0 Å². The van der Waals surface area contributed by atoms with E-state index < -0.39 is 0 Å². The third-order valence-electron chi connectivity index (χ3n) is 4.73. The van der Waals surface area contributed by atoms with Crippen LogP contribution in [-0.2, 0) is 17.8 Å². The first-order valence-electron chi connectivity index (χ1n) is 8.71. The summed E-state index contributed by atoms with van der Waals surface area (Å²) in [7, 11) is 4.65. The molecule has 148 valence electrons. The summed E-state index contributed by atoms with van der Waals surface area (Å²) in [5, 5.41) is 0.912. The number of halogens is 2. The molecule has 0 unspecified atom stereocenters. The Kier molecular flexibility index (Phi) is 6.37. The third-order valence-corrected chi connectivity index (χ3v) is 5.53. The molecule has 0 saturated carbocycles. The van der Waals surface area contributed by atoms with Crippen LogP contribution in [0.25, 0.3) is 6.08 Å². The minimum absolute atomic E-state index is 0.0940. The normalized spacial score (nSPS) is 13.4. The van der Waals surface area contributed by atoms with Crippen molar-refractivity contribution in [1.29, 1.82) is 0 Å². The molecule has 3 rings (SSSR count). The summed E-state index contributed by atoms with van der Waals surface area (Å²) in [6, 6.07) is 7.48. The molecule has 5 nitrogen and oxygen atoms in total. The molecule has 0 aliphatic carbocycles. The molecular weight excluding hydrogens is 401 g/mol. The largest absolute Gasteiger partial charge is 0.497 e. The smallest absolute Gasteiger partial charge is 0.246 e. The summed E-state index contributed by atoms with van der Waals surface area (Å²) in [5.74, 6) is 1.48. The van der Waals surface area contributed by atoms with E-state index in [1.54, 1.807) is 24.2 Å². The van der Waals surface area contributed by atoms with Gasteiger partial charge in [0.2, 0.25) is 5.91 Å². The number of benzene rings is 2. The fourth-order valence-electron chi connectivity index (χ4n) is 3.22. The Bertz CT molecular complexity index is 910. The van der Waals surface area contributed by atoms with Gasteiger partial charge in [-0.25, -0.2) is 0 Å². The first-order valence-corrected chi connectivity index (χ1v) is 9.47. The maximum absolute atomic E-state index is 12.7. The predicted octanol–water partition coefficient (Wildman–Crippen LogP) is 4.62. The van der Waals surface area contributed by atoms with Gasteiger partial charge < -0.3 is 19.1 Å². The van der Waals surface area contributed by atoms with Gasteiger partial charge in [0.15, 0.2) is 11.5 Å². The average molecular weight is 422 g/mol. The van der Waals surface area contributed by atoms with Crippen molar-refractivity contribution in [3.05, 3.63) is 57.1 Å². The van der Waals surface area contributed by atoms with E-state index in [1.165, 1.54) is 14.2 Å². The van der Waals surface area contributed by atoms with Crippen molar-refractivity contribution in [2.24, 2.45) is 0 Å². The average Bonchev–Trinajstić information content (AvgIpc) is 2.74. The van der Waals surface area contributed by atoms with Gasteiger partial charge in [-0.3, -0.25) is 4.79 Å². The molecule has 0 fully saturated rings. The Labute approximate surface area is 174 Å². The number of amides is 1. The van der Waals surface area contributed by atoms with Crippen LogP contribution in [0.15, 0.2) is 30.3 Å². The van der Waals surface area contributed by atoms with Crippen molar-refractivity contribution in [3.63, 3.8) is 0 Å². The van der Waals surface area contributed by atoms with Crippen LogP contribution < -0.4 is 14.2 Å². The summed E-state index contributed by atoms with van der Waals surface area (Å²) in [5.41, 5.74) is 2.60. The Morgan fingerprint density at radius 1 is 0.964 bits per heavy atom. The molecule has 2 aromatic carbocycles. The zero-order chi connectivity index (χ0) is 20.3. The highest BCUT2D eigenvalue weighted by molar-refractivity contribution is 6.37. The first kappa shape index (κ1) is 20.4. The lowest BCUT2D eigenvalue weighted by Crippen LogP contribution is -2.35. The van der Waals surface area contributed by atoms with Gasteiger partial charge in [0.1, 0.15) is 5.75 Å². The van der Waals surface area contributed by atoms with E-state index in [0.717, 1.165) is 22.4 Å². The molecule has 0 spiro atoms. The van der Waals surface area contributed by atoms with E-state index in [4.69, 9.17) is 37.4 Å². The summed E-state index contributed by atoms with van der Waals surface area (Å²) in [4.78, 5) is 14.4. The van der Waals surface area contributed by atoms with E-state index in [-0.39, 0.29) is 5.91 Å². The van der Waals surface area contributed by atoms with Gasteiger partial charge in [-0.15, -0.1) is 0 Å². The van der Waals surface area contributed by atoms with Gasteiger partial charge in [-0.05, 0) is 41.3 Å². The van der Waals surface area contributed by atoms with Gasteiger partial charge in [0.25, 0.3) is 0 Å². The second-order valence-corrected chi connectivity index (χ2v) is 7.02. The minimum Gasteiger partial charge on any atom is -0.497 e. The SMILES string of the molecule is COc1ccc(/C=C/C(=O)N2CCc3c(Cl)c(OC)c(OC)c(Cl)c3C2)cc1. The van der Waals surface area contributed by atoms with E-state index in [1.807, 2.05) is 24.3 Å². The molecule has 1 aliphatic heterocycles. The maximum Gasteiger partial charge on any atom is 0.246 e. The molecule has 0 N–H and O–H groups in total. The number of nitrogens with zero attached hydrogens (tertiary/aromatic N) is 1. The predicted molar refractivity (Wildman–Crippen MR) is 111 cm³/mol. The Balaban J connectivity index is 1.81. The second kappa shape index (κ2) is 8.76. The van der Waals surface area contributed by atoms with Crippen molar-refractivity contribution in [2.45, 2.75) is 13.0 Å². The molecule has 1 amide bonds. The maximum atomic E-state index is 12.7. The number of hydrogen-bond donors (Lipinski definition) is 0. The number of hydrogen-bond acceptors (Lipinski definition) is 4. The number of fused-ring (bicyclic) bond motifs is 1. The van der Waals surface area contributed by atoms with E-state index in [9.17, 15) is 4.79 Å². The van der Waals surface area contributed by atoms with Crippen LogP contribution in [0, 0.1) is 0 Å². The van der Waals surface area contributed by atoms with Gasteiger partial charge in [-0.1, -0.05) is 35.3 Å². The van der Waals surface area contributed by atoms with Crippen molar-refractivity contribution in [1.82, 2.24) is 4.90 Å². The number of ether oxygens (including phenoxy) is 3. The van der Waals surface area contributed by atoms with Crippen LogP contribution in [0.1, 0.15) is 16.7 Å². The van der Waals surface area contributed by atoms with Crippen LogP contribution in [0.2, 0.25) is 10.0 Å². The summed E-state index contributed by atoms with van der Waals surface area (Å²) in [6.07, 6.45) is 3.93. The molecular formula is C21H21Cl2NO4. The van der Waals surface area contributed by atoms with Crippen LogP contribution in [0.5, 0.6) is 17.2 Å². The molecule has 0 saturated heterocycles. The first-order chi connectivity index (χ1) is 13.5. The highest BCUT2D eigenvalue weighted by atomic mass is 35.5. The van der Waals surface area contributed by atoms with Gasteiger partial charge in [-0.2, -0.15) is 0 Å². The lowest BCUT2D eigenvalue weighted by molar-refractivity contribution is -0.126. The van der Waals surface area contributed by atoms with E-state index in [2.05, 4.69) is 0 Å². The highest BCUT2D eigenvalue weighted by Gasteiger charge is 2.29. The van der Waals surface area contributed by atoms with Crippen LogP contribution >= 0.6 is 23.2 Å². The van der Waals surface area contributed by atoms with Crippen LogP contribution in [-0.4, -0.2) is 38.7 Å². The zero-order valence-corrected chi connectivity index (χ0v) is 17.4. The molecule has 2 aromatic rings. The van der Waals surface area contributed by atoms with Crippen LogP contribution in [0.4, 0.5) is 0 Å². The topological polar surface area (TPSA) is 48.0 Å². The van der Waals surface area contributed by atoms with Crippen molar-refractivity contribution in [3.8, 4) is 17.2 Å². The zero-order valence-electron chi connectivity index (χ0n) is 15.9. The standard InChI is InChI=1S/C21H21Cl2NO4/c1-26-14-7-4-13(5-8-14)6-9-17(25)24-11-10-15-16(12-24)19(23)21(28-3)20(27-2)18(15)22/h4-9H,10-12H2,1-3H3/b9-6+. The lowest BCUT2D eigenvalue weighted by atomic mass is 9.98. The molecule has 7 heteroatoms. The lowest BCUT2D eigenvalue weighted by Gasteiger charge is -2.30. The summed E-state index contributed by atoms with van der Waals surface area (Å²) < 4.78 is 15.9. The molecule has 0 atom stereocenters. The Morgan fingerprint density at radius 2 is 1.57 bits per heavy atom. The molecule has 0 radical (unpaired) electrons. The van der Waals surface area contributed by atoms with Crippen molar-refractivity contribution in [2.75, 3.05) is 27.9 Å². The van der Waals surface area contributed by atoms with E-state index in [0.29, 0.717) is 41.1 Å². The minimum atomic E-state index is -0.0940. The Hall–Kier alpha value is -2.37. The number of methoxy groups -OCH3 is 3. The number of rotatable bonds is 5. The molecule has 0 aromatic heterocycles. The Morgan fingerprint density at radius 3 is 2.14 bits per heavy atom. The summed E-state index contributed by atoms with van der Waals surface area (Å²) >= 11 is 13.0. The molecule has 28 heavy (non-hydrogen) atoms. The van der Waals surface area contributed by atoms with Crippen molar-refractivity contribution >= 4 is 35.2 Å². The van der Waals surface area contributed by atoms with Gasteiger partial charge in [0, 0.05) is 19.2 Å². The summed E-state index contributed by atoms with van der Waals surface area (Å²) in [6.45, 7) is 0.907. The van der Waals surface area contributed by atoms with E-state index >= 15 is 0 Å². The number of carbonyl (C=O) groups excluding carboxylic acids is 1. The highest BCUT2D eigenvalue weighted by Crippen LogP contribution is 2.47. The van der Waals surface area contributed by atoms with Gasteiger partial charge >= 0.3 is 0 Å². The fourth-order valence-corrected chi connectivity index (χ4v) is 3.93.